The number of Topliss-reactive ketones (excluding diaryl/α,β-unsaturated/α-hetero) is 1. The Morgan fingerprint density at radius 2 is 1.93 bits per heavy atom. The molecule has 29 heavy (non-hydrogen) atoms. The third-order valence-electron chi connectivity index (χ3n) is 5.83. The Labute approximate surface area is 167 Å². The Bertz CT molecular complexity index is 873. The fraction of sp³-hybridized carbons (Fsp3) is 0.500. The average molecular weight is 405 g/mol. The van der Waals surface area contributed by atoms with Crippen molar-refractivity contribution in [3.05, 3.63) is 51.3 Å². The minimum atomic E-state index is -1.42. The number of ether oxygens (including phenoxy) is 3. The number of allylic oxidation sites excluding steroid dienone is 1. The van der Waals surface area contributed by atoms with Gasteiger partial charge in [0.1, 0.15) is 11.5 Å². The van der Waals surface area contributed by atoms with Crippen molar-refractivity contribution < 1.29 is 33.8 Å². The van der Waals surface area contributed by atoms with Gasteiger partial charge in [0, 0.05) is 44.6 Å². The molecule has 3 unspecified atom stereocenters. The summed E-state index contributed by atoms with van der Waals surface area (Å²) in [5, 5.41) is 22.2. The summed E-state index contributed by atoms with van der Waals surface area (Å²) in [5.41, 5.74) is 0.00281. The maximum absolute atomic E-state index is 13.1. The molecule has 0 saturated heterocycles. The van der Waals surface area contributed by atoms with E-state index in [0.29, 0.717) is 0 Å². The molecule has 3 atom stereocenters. The Hall–Kier alpha value is -2.78. The monoisotopic (exact) mass is 405 g/mol. The van der Waals surface area contributed by atoms with Crippen molar-refractivity contribution in [2.45, 2.75) is 31.5 Å². The van der Waals surface area contributed by atoms with Crippen molar-refractivity contribution in [3.63, 3.8) is 0 Å². The molecule has 0 heterocycles. The van der Waals surface area contributed by atoms with Gasteiger partial charge in [0.2, 0.25) is 0 Å². The van der Waals surface area contributed by atoms with Crippen LogP contribution < -0.4 is 0 Å². The maximum Gasteiger partial charge on any atom is 0.337 e. The summed E-state index contributed by atoms with van der Waals surface area (Å²) < 4.78 is 16.5. The SMILES string of the molecule is CCOC(=O)C1=C(O)CC2C(c3ccccc3[N+](=O)[O-])C(=O)CC1C2(OC)OC. The van der Waals surface area contributed by atoms with E-state index in [0.717, 1.165) is 0 Å². The van der Waals surface area contributed by atoms with Crippen LogP contribution in [0.2, 0.25) is 0 Å². The van der Waals surface area contributed by atoms with Gasteiger partial charge in [-0.3, -0.25) is 14.9 Å². The lowest BCUT2D eigenvalue weighted by atomic mass is 9.59. The Balaban J connectivity index is 2.19. The molecule has 1 N–H and O–H groups in total. The van der Waals surface area contributed by atoms with Gasteiger partial charge in [-0.25, -0.2) is 4.79 Å². The number of fused-ring (bicyclic) bond motifs is 2. The number of nitro groups is 1. The number of methoxy groups -OCH3 is 2. The molecule has 156 valence electrons. The first-order valence-electron chi connectivity index (χ1n) is 9.27. The van der Waals surface area contributed by atoms with Crippen LogP contribution in [-0.2, 0) is 23.8 Å². The molecule has 2 bridgehead atoms. The molecular weight excluding hydrogens is 382 g/mol. The Morgan fingerprint density at radius 1 is 1.28 bits per heavy atom. The largest absolute Gasteiger partial charge is 0.512 e. The number of hydrogen-bond acceptors (Lipinski definition) is 8. The molecule has 0 aliphatic heterocycles. The Kier molecular flexibility index (Phi) is 5.72. The molecule has 1 saturated carbocycles. The van der Waals surface area contributed by atoms with Crippen molar-refractivity contribution in [2.24, 2.45) is 11.8 Å². The molecule has 9 heteroatoms. The number of rotatable bonds is 6. The zero-order valence-electron chi connectivity index (χ0n) is 16.4. The molecule has 2 aliphatic rings. The van der Waals surface area contributed by atoms with Gasteiger partial charge in [0.15, 0.2) is 5.79 Å². The third-order valence-corrected chi connectivity index (χ3v) is 5.83. The van der Waals surface area contributed by atoms with E-state index in [9.17, 15) is 24.8 Å². The van der Waals surface area contributed by atoms with Gasteiger partial charge in [-0.05, 0) is 6.92 Å². The average Bonchev–Trinajstić information content (AvgIpc) is 2.68. The number of benzene rings is 1. The van der Waals surface area contributed by atoms with Crippen molar-refractivity contribution >= 4 is 17.4 Å². The molecule has 0 spiro atoms. The summed E-state index contributed by atoms with van der Waals surface area (Å²) in [5.74, 6) is -5.23. The van der Waals surface area contributed by atoms with Crippen LogP contribution in [0.4, 0.5) is 5.69 Å². The van der Waals surface area contributed by atoms with Crippen LogP contribution in [0.15, 0.2) is 35.6 Å². The molecule has 3 rings (SSSR count). The van der Waals surface area contributed by atoms with E-state index in [1.54, 1.807) is 13.0 Å². The number of carbonyl (C=O) groups is 2. The highest BCUT2D eigenvalue weighted by Gasteiger charge is 2.62. The molecule has 0 amide bonds. The van der Waals surface area contributed by atoms with Gasteiger partial charge in [0.05, 0.1) is 28.9 Å². The van der Waals surface area contributed by atoms with E-state index in [-0.39, 0.29) is 47.8 Å². The van der Waals surface area contributed by atoms with E-state index >= 15 is 0 Å². The van der Waals surface area contributed by atoms with Crippen LogP contribution in [0.3, 0.4) is 0 Å². The van der Waals surface area contributed by atoms with Gasteiger partial charge in [0.25, 0.3) is 5.69 Å². The first-order valence-corrected chi connectivity index (χ1v) is 9.27. The number of para-hydroxylation sites is 1. The molecule has 9 nitrogen and oxygen atoms in total. The first-order chi connectivity index (χ1) is 13.8. The fourth-order valence-corrected chi connectivity index (χ4v) is 4.71. The van der Waals surface area contributed by atoms with Crippen LogP contribution in [0.25, 0.3) is 0 Å². The van der Waals surface area contributed by atoms with Crippen LogP contribution in [0.1, 0.15) is 31.2 Å². The van der Waals surface area contributed by atoms with E-state index < -0.39 is 34.4 Å². The third kappa shape index (κ3) is 3.20. The predicted molar refractivity (Wildman–Crippen MR) is 100 cm³/mol. The number of esters is 1. The van der Waals surface area contributed by atoms with Crippen LogP contribution in [0.5, 0.6) is 0 Å². The molecular formula is C20H23NO8. The van der Waals surface area contributed by atoms with Gasteiger partial charge in [-0.15, -0.1) is 0 Å². The highest BCUT2D eigenvalue weighted by Crippen LogP contribution is 2.56. The van der Waals surface area contributed by atoms with Gasteiger partial charge < -0.3 is 19.3 Å². The molecule has 1 fully saturated rings. The van der Waals surface area contributed by atoms with Gasteiger partial charge >= 0.3 is 5.97 Å². The first kappa shape index (κ1) is 20.9. The second kappa shape index (κ2) is 7.92. The summed E-state index contributed by atoms with van der Waals surface area (Å²) in [4.78, 5) is 36.6. The summed E-state index contributed by atoms with van der Waals surface area (Å²) in [6.45, 7) is 1.74. The number of aliphatic hydroxyl groups excluding tert-OH is 1. The number of carbonyl (C=O) groups excluding carboxylic acids is 2. The van der Waals surface area contributed by atoms with Crippen LogP contribution in [0, 0.1) is 22.0 Å². The summed E-state index contributed by atoms with van der Waals surface area (Å²) in [6, 6.07) is 6.00. The minimum Gasteiger partial charge on any atom is -0.512 e. The van der Waals surface area contributed by atoms with Crippen molar-refractivity contribution in [2.75, 3.05) is 20.8 Å². The van der Waals surface area contributed by atoms with E-state index in [4.69, 9.17) is 14.2 Å². The molecule has 0 aromatic heterocycles. The Morgan fingerprint density at radius 3 is 2.52 bits per heavy atom. The van der Waals surface area contributed by atoms with E-state index in [1.165, 1.54) is 32.4 Å². The van der Waals surface area contributed by atoms with Crippen molar-refractivity contribution in [1.82, 2.24) is 0 Å². The minimum absolute atomic E-state index is 0.0406. The lowest BCUT2D eigenvalue weighted by Crippen LogP contribution is -2.60. The lowest BCUT2D eigenvalue weighted by molar-refractivity contribution is -0.386. The lowest BCUT2D eigenvalue weighted by Gasteiger charge is -2.52. The summed E-state index contributed by atoms with van der Waals surface area (Å²) >= 11 is 0. The normalized spacial score (nSPS) is 25.6. The standard InChI is InChI=1S/C20H23NO8/c1-4-29-19(24)18-13-10-15(22)17(11-7-5-6-8-14(11)21(25)26)12(9-16(18)23)20(13,27-2)28-3/h5-8,12-13,17,23H,4,9-10H2,1-3H3. The van der Waals surface area contributed by atoms with Crippen LogP contribution >= 0.6 is 0 Å². The molecule has 1 aromatic rings. The number of aliphatic hydroxyl groups is 1. The van der Waals surface area contributed by atoms with E-state index in [2.05, 4.69) is 0 Å². The zero-order chi connectivity index (χ0) is 21.3. The molecule has 0 radical (unpaired) electrons. The van der Waals surface area contributed by atoms with Gasteiger partial charge in [-0.2, -0.15) is 0 Å². The van der Waals surface area contributed by atoms with Crippen molar-refractivity contribution in [3.8, 4) is 0 Å². The summed E-state index contributed by atoms with van der Waals surface area (Å²) in [7, 11) is 2.78. The molecule has 2 aliphatic carbocycles. The summed E-state index contributed by atoms with van der Waals surface area (Å²) in [6.07, 6.45) is -0.304. The van der Waals surface area contributed by atoms with E-state index in [1.807, 2.05) is 0 Å². The number of hydrogen-bond donors (Lipinski definition) is 1. The zero-order valence-corrected chi connectivity index (χ0v) is 16.4. The highest BCUT2D eigenvalue weighted by atomic mass is 16.7. The number of nitrogens with zero attached hydrogens (tertiary/aromatic N) is 1. The quantitative estimate of drug-likeness (QED) is 0.331. The smallest absolute Gasteiger partial charge is 0.337 e. The van der Waals surface area contributed by atoms with Gasteiger partial charge in [-0.1, -0.05) is 18.2 Å². The number of ketones is 1. The van der Waals surface area contributed by atoms with Crippen LogP contribution in [-0.4, -0.2) is 48.4 Å². The number of nitro benzene ring substituents is 1. The van der Waals surface area contributed by atoms with Crippen molar-refractivity contribution in [1.29, 1.82) is 0 Å². The predicted octanol–water partition coefficient (Wildman–Crippen LogP) is 2.65. The maximum atomic E-state index is 13.1. The highest BCUT2D eigenvalue weighted by molar-refractivity contribution is 5.95. The molecule has 1 aromatic carbocycles. The second-order valence-electron chi connectivity index (χ2n) is 7.04. The topological polar surface area (TPSA) is 125 Å². The second-order valence-corrected chi connectivity index (χ2v) is 7.04. The fourth-order valence-electron chi connectivity index (χ4n) is 4.71.